The lowest BCUT2D eigenvalue weighted by Gasteiger charge is -2.45. The maximum absolute atomic E-state index is 12.7. The minimum atomic E-state index is 0.0453. The number of likely N-dealkylation sites (N-methyl/N-ethyl adjacent to an activating group) is 1. The van der Waals surface area contributed by atoms with Gasteiger partial charge >= 0.3 is 6.03 Å². The van der Waals surface area contributed by atoms with Crippen molar-refractivity contribution in [3.05, 3.63) is 54.0 Å². The molecule has 1 aliphatic heterocycles. The molecule has 0 unspecified atom stereocenters. The molecule has 2 aliphatic rings. The van der Waals surface area contributed by atoms with Crippen molar-refractivity contribution in [2.24, 2.45) is 0 Å². The highest BCUT2D eigenvalue weighted by molar-refractivity contribution is 5.90. The first-order valence-electron chi connectivity index (χ1n) is 11.3. The lowest BCUT2D eigenvalue weighted by Crippen LogP contribution is -2.56. The molecule has 0 saturated carbocycles. The third-order valence-corrected chi connectivity index (χ3v) is 6.99. The van der Waals surface area contributed by atoms with Gasteiger partial charge in [-0.05, 0) is 57.0 Å². The van der Waals surface area contributed by atoms with Crippen molar-refractivity contribution in [2.75, 3.05) is 26.7 Å². The zero-order valence-corrected chi connectivity index (χ0v) is 18.5. The number of nitrogens with one attached hydrogen (secondary N) is 1. The third kappa shape index (κ3) is 3.37. The fraction of sp³-hybridized carbons (Fsp3) is 0.458. The Morgan fingerprint density at radius 1 is 1.19 bits per heavy atom. The van der Waals surface area contributed by atoms with Crippen LogP contribution in [0, 0.1) is 0 Å². The van der Waals surface area contributed by atoms with E-state index in [-0.39, 0.29) is 12.1 Å². The van der Waals surface area contributed by atoms with Gasteiger partial charge in [-0.2, -0.15) is 0 Å². The van der Waals surface area contributed by atoms with Crippen LogP contribution in [-0.2, 0) is 6.42 Å². The average Bonchev–Trinajstić information content (AvgIpc) is 3.16. The Morgan fingerprint density at radius 3 is 2.71 bits per heavy atom. The van der Waals surface area contributed by atoms with Gasteiger partial charge in [-0.1, -0.05) is 12.1 Å². The van der Waals surface area contributed by atoms with Crippen molar-refractivity contribution >= 4 is 16.9 Å². The summed E-state index contributed by atoms with van der Waals surface area (Å²) in [7, 11) is 2.19. The van der Waals surface area contributed by atoms with E-state index < -0.39 is 0 Å². The molecule has 3 heterocycles. The Kier molecular flexibility index (Phi) is 5.14. The highest BCUT2D eigenvalue weighted by atomic mass is 16.2. The number of urea groups is 1. The highest BCUT2D eigenvalue weighted by Gasteiger charge is 2.40. The molecular weight excluding hydrogens is 388 g/mol. The van der Waals surface area contributed by atoms with Crippen LogP contribution in [0.4, 0.5) is 4.79 Å². The molecule has 2 amide bonds. The summed E-state index contributed by atoms with van der Waals surface area (Å²) < 4.78 is 2.12. The standard InChI is InChI=1S/C24H30N6O/c1-4-29(5-2)24(31)27-17-13-19-18-8-6-9-20-22(18)16(12-21(19)28(3)15-17)14-30(20)23-25-10-7-11-26-23/h6-11,14,17,19,21H,4-5,12-13,15H2,1-3H3,(H,27,31)/t17-,19+,21+/m0/s1. The number of aromatic nitrogens is 3. The molecule has 1 N–H and O–H groups in total. The first-order chi connectivity index (χ1) is 15.1. The number of likely N-dealkylation sites (tertiary alicyclic amines) is 1. The predicted octanol–water partition coefficient (Wildman–Crippen LogP) is 3.18. The van der Waals surface area contributed by atoms with Crippen LogP contribution in [0.2, 0.25) is 0 Å². The molecule has 162 valence electrons. The van der Waals surface area contributed by atoms with E-state index in [0.29, 0.717) is 17.9 Å². The second-order valence-corrected chi connectivity index (χ2v) is 8.69. The minimum Gasteiger partial charge on any atom is -0.334 e. The van der Waals surface area contributed by atoms with Gasteiger partial charge in [-0.25, -0.2) is 14.8 Å². The van der Waals surface area contributed by atoms with Gasteiger partial charge in [0.05, 0.1) is 5.52 Å². The normalized spacial score (nSPS) is 22.9. The van der Waals surface area contributed by atoms with Crippen LogP contribution in [0.15, 0.2) is 42.9 Å². The summed E-state index contributed by atoms with van der Waals surface area (Å²) in [4.78, 5) is 25.9. The van der Waals surface area contributed by atoms with E-state index >= 15 is 0 Å². The zero-order chi connectivity index (χ0) is 21.5. The fourth-order valence-corrected chi connectivity index (χ4v) is 5.51. The van der Waals surface area contributed by atoms with Crippen LogP contribution < -0.4 is 5.32 Å². The summed E-state index contributed by atoms with van der Waals surface area (Å²) in [6.07, 6.45) is 7.75. The Bertz CT molecular complexity index is 1090. The molecule has 31 heavy (non-hydrogen) atoms. The number of nitrogens with zero attached hydrogens (tertiary/aromatic N) is 5. The van der Waals surface area contributed by atoms with E-state index in [0.717, 1.165) is 38.0 Å². The lowest BCUT2D eigenvalue weighted by atomic mass is 9.74. The number of hydrogen-bond donors (Lipinski definition) is 1. The second-order valence-electron chi connectivity index (χ2n) is 8.69. The van der Waals surface area contributed by atoms with Crippen molar-refractivity contribution in [3.8, 4) is 5.95 Å². The molecule has 1 aromatic carbocycles. The van der Waals surface area contributed by atoms with Crippen molar-refractivity contribution in [1.82, 2.24) is 29.7 Å². The molecule has 0 radical (unpaired) electrons. The van der Waals surface area contributed by atoms with Crippen LogP contribution in [0.5, 0.6) is 0 Å². The van der Waals surface area contributed by atoms with Gasteiger partial charge in [-0.3, -0.25) is 4.57 Å². The molecule has 3 aromatic rings. The Balaban J connectivity index is 1.50. The smallest absolute Gasteiger partial charge is 0.317 e. The third-order valence-electron chi connectivity index (χ3n) is 6.99. The molecule has 3 atom stereocenters. The van der Waals surface area contributed by atoms with Gasteiger partial charge < -0.3 is 15.1 Å². The summed E-state index contributed by atoms with van der Waals surface area (Å²) in [5, 5.41) is 4.63. The van der Waals surface area contributed by atoms with Crippen LogP contribution >= 0.6 is 0 Å². The summed E-state index contributed by atoms with van der Waals surface area (Å²) in [5.41, 5.74) is 3.90. The zero-order valence-electron chi connectivity index (χ0n) is 18.5. The van der Waals surface area contributed by atoms with Crippen molar-refractivity contribution < 1.29 is 4.79 Å². The van der Waals surface area contributed by atoms with Crippen LogP contribution in [0.3, 0.4) is 0 Å². The number of rotatable bonds is 4. The first kappa shape index (κ1) is 20.0. The van der Waals surface area contributed by atoms with Gasteiger partial charge in [-0.15, -0.1) is 0 Å². The second kappa shape index (κ2) is 7.96. The number of amides is 2. The summed E-state index contributed by atoms with van der Waals surface area (Å²) in [5.74, 6) is 1.10. The van der Waals surface area contributed by atoms with E-state index in [9.17, 15) is 4.79 Å². The molecule has 1 saturated heterocycles. The number of benzene rings is 1. The molecule has 2 aromatic heterocycles. The topological polar surface area (TPSA) is 66.3 Å². The van der Waals surface area contributed by atoms with Gasteiger partial charge in [0.1, 0.15) is 0 Å². The van der Waals surface area contributed by atoms with Gasteiger partial charge in [0.25, 0.3) is 0 Å². The highest BCUT2D eigenvalue weighted by Crippen LogP contribution is 2.44. The van der Waals surface area contributed by atoms with Crippen LogP contribution in [-0.4, -0.2) is 69.1 Å². The summed E-state index contributed by atoms with van der Waals surface area (Å²) >= 11 is 0. The van der Waals surface area contributed by atoms with Gasteiger partial charge in [0.2, 0.25) is 5.95 Å². The van der Waals surface area contributed by atoms with E-state index in [1.165, 1.54) is 16.5 Å². The first-order valence-corrected chi connectivity index (χ1v) is 11.3. The molecule has 5 rings (SSSR count). The Hall–Kier alpha value is -2.93. The van der Waals surface area contributed by atoms with E-state index in [4.69, 9.17) is 0 Å². The van der Waals surface area contributed by atoms with Crippen molar-refractivity contribution in [1.29, 1.82) is 0 Å². The van der Waals surface area contributed by atoms with E-state index in [1.807, 2.05) is 24.8 Å². The molecule has 1 aliphatic carbocycles. The molecular formula is C24H30N6O. The van der Waals surface area contributed by atoms with E-state index in [1.54, 1.807) is 12.4 Å². The molecule has 0 spiro atoms. The SMILES string of the molecule is CCN(CC)C(=O)N[C@H]1C[C@@H]2c3cccc4c3c(cn4-c3ncccn3)C[C@H]2N(C)C1. The lowest BCUT2D eigenvalue weighted by molar-refractivity contribution is 0.124. The average molecular weight is 419 g/mol. The molecule has 0 bridgehead atoms. The van der Waals surface area contributed by atoms with E-state index in [2.05, 4.69) is 56.2 Å². The van der Waals surface area contributed by atoms with Gasteiger partial charge in [0, 0.05) is 61.6 Å². The monoisotopic (exact) mass is 418 g/mol. The number of hydrogen-bond acceptors (Lipinski definition) is 4. The van der Waals surface area contributed by atoms with Crippen molar-refractivity contribution in [2.45, 2.75) is 44.7 Å². The predicted molar refractivity (Wildman–Crippen MR) is 122 cm³/mol. The van der Waals surface area contributed by atoms with Crippen LogP contribution in [0.25, 0.3) is 16.9 Å². The fourth-order valence-electron chi connectivity index (χ4n) is 5.51. The Labute approximate surface area is 183 Å². The minimum absolute atomic E-state index is 0.0453. The molecule has 7 heteroatoms. The largest absolute Gasteiger partial charge is 0.334 e. The van der Waals surface area contributed by atoms with Crippen LogP contribution in [0.1, 0.15) is 37.3 Å². The molecule has 1 fully saturated rings. The number of piperidine rings is 1. The maximum atomic E-state index is 12.7. The molecule has 7 nitrogen and oxygen atoms in total. The summed E-state index contributed by atoms with van der Waals surface area (Å²) in [6.45, 7) is 6.39. The van der Waals surface area contributed by atoms with Crippen molar-refractivity contribution in [3.63, 3.8) is 0 Å². The Morgan fingerprint density at radius 2 is 1.97 bits per heavy atom. The maximum Gasteiger partial charge on any atom is 0.317 e. The summed E-state index contributed by atoms with van der Waals surface area (Å²) in [6, 6.07) is 9.04. The number of fused-ring (bicyclic) bond motifs is 2. The van der Waals surface area contributed by atoms with Gasteiger partial charge in [0.15, 0.2) is 0 Å². The quantitative estimate of drug-likeness (QED) is 0.707. The number of carbonyl (C=O) groups is 1. The number of carbonyl (C=O) groups excluding carboxylic acids is 1.